The first kappa shape index (κ1) is 14.3. The van der Waals surface area contributed by atoms with Crippen molar-refractivity contribution in [1.82, 2.24) is 5.32 Å². The molecule has 0 aliphatic rings. The van der Waals surface area contributed by atoms with Crippen LogP contribution in [-0.4, -0.2) is 19.0 Å². The first-order chi connectivity index (χ1) is 8.54. The van der Waals surface area contributed by atoms with Crippen LogP contribution in [0.5, 0.6) is 0 Å². The van der Waals surface area contributed by atoms with Gasteiger partial charge in [-0.1, -0.05) is 13.3 Å². The van der Waals surface area contributed by atoms with Gasteiger partial charge in [0.25, 0.3) is 0 Å². The van der Waals surface area contributed by atoms with Crippen LogP contribution in [0.15, 0.2) is 12.1 Å². The molecule has 2 N–H and O–H groups in total. The van der Waals surface area contributed by atoms with Crippen molar-refractivity contribution in [3.8, 4) is 0 Å². The van der Waals surface area contributed by atoms with Gasteiger partial charge in [0.2, 0.25) is 5.91 Å². The van der Waals surface area contributed by atoms with E-state index in [0.29, 0.717) is 6.54 Å². The minimum Gasteiger partial charge on any atom is -0.376 e. The number of hydrogen-bond acceptors (Lipinski definition) is 2. The molecule has 1 rings (SSSR count). The van der Waals surface area contributed by atoms with Crippen molar-refractivity contribution < 1.29 is 18.0 Å². The van der Waals surface area contributed by atoms with Gasteiger partial charge in [-0.15, -0.1) is 0 Å². The Morgan fingerprint density at radius 2 is 1.83 bits per heavy atom. The zero-order valence-electron chi connectivity index (χ0n) is 10.0. The first-order valence-electron chi connectivity index (χ1n) is 5.69. The van der Waals surface area contributed by atoms with Crippen molar-refractivity contribution in [3.63, 3.8) is 0 Å². The Morgan fingerprint density at radius 3 is 2.39 bits per heavy atom. The summed E-state index contributed by atoms with van der Waals surface area (Å²) >= 11 is 0. The van der Waals surface area contributed by atoms with Crippen LogP contribution in [0.1, 0.15) is 19.8 Å². The average Bonchev–Trinajstić information content (AvgIpc) is 2.33. The number of benzene rings is 1. The largest absolute Gasteiger partial charge is 0.376 e. The van der Waals surface area contributed by atoms with Crippen molar-refractivity contribution in [2.75, 3.05) is 18.4 Å². The van der Waals surface area contributed by atoms with Crippen molar-refractivity contribution in [2.24, 2.45) is 0 Å². The maximum absolute atomic E-state index is 12.9. The number of carbonyl (C=O) groups excluding carboxylic acids is 1. The Hall–Kier alpha value is -1.72. The van der Waals surface area contributed by atoms with E-state index in [-0.39, 0.29) is 18.1 Å². The van der Waals surface area contributed by atoms with Crippen LogP contribution in [0.2, 0.25) is 0 Å². The van der Waals surface area contributed by atoms with Crippen molar-refractivity contribution in [3.05, 3.63) is 29.6 Å². The predicted molar refractivity (Wildman–Crippen MR) is 62.7 cm³/mol. The molecule has 0 aliphatic carbocycles. The summed E-state index contributed by atoms with van der Waals surface area (Å²) < 4.78 is 38.4. The third-order valence-corrected chi connectivity index (χ3v) is 2.29. The molecule has 0 radical (unpaired) electrons. The van der Waals surface area contributed by atoms with Gasteiger partial charge in [-0.2, -0.15) is 0 Å². The van der Waals surface area contributed by atoms with Crippen LogP contribution in [0, 0.1) is 17.5 Å². The molecule has 1 aromatic carbocycles. The van der Waals surface area contributed by atoms with Gasteiger partial charge in [0.15, 0.2) is 17.5 Å². The molecule has 0 atom stereocenters. The second-order valence-electron chi connectivity index (χ2n) is 3.81. The van der Waals surface area contributed by atoms with E-state index in [4.69, 9.17) is 0 Å². The van der Waals surface area contributed by atoms with E-state index in [2.05, 4.69) is 10.6 Å². The number of rotatable bonds is 6. The topological polar surface area (TPSA) is 41.1 Å². The number of anilines is 1. The molecule has 100 valence electrons. The minimum atomic E-state index is -1.52. The van der Waals surface area contributed by atoms with Crippen molar-refractivity contribution in [1.29, 1.82) is 0 Å². The standard InChI is InChI=1S/C12H15F3N2O/c1-2-3-4-16-11(18)7-17-8-5-9(13)12(15)10(14)6-8/h5-6,17H,2-4,7H2,1H3,(H,16,18). The number of unbranched alkanes of at least 4 members (excludes halogenated alkanes) is 1. The summed E-state index contributed by atoms with van der Waals surface area (Å²) in [5, 5.41) is 5.15. The SMILES string of the molecule is CCCCNC(=O)CNc1cc(F)c(F)c(F)c1. The predicted octanol–water partition coefficient (Wildman–Crippen LogP) is 2.43. The highest BCUT2D eigenvalue weighted by Gasteiger charge is 2.10. The molecular weight excluding hydrogens is 245 g/mol. The highest BCUT2D eigenvalue weighted by molar-refractivity contribution is 5.80. The zero-order chi connectivity index (χ0) is 13.5. The lowest BCUT2D eigenvalue weighted by Gasteiger charge is -2.08. The second-order valence-corrected chi connectivity index (χ2v) is 3.81. The molecule has 6 heteroatoms. The monoisotopic (exact) mass is 260 g/mol. The Labute approximate surface area is 103 Å². The van der Waals surface area contributed by atoms with Crippen LogP contribution in [0.25, 0.3) is 0 Å². The number of hydrogen-bond donors (Lipinski definition) is 2. The summed E-state index contributed by atoms with van der Waals surface area (Å²) in [5.41, 5.74) is 0.0250. The summed E-state index contributed by atoms with van der Waals surface area (Å²) in [4.78, 5) is 11.3. The van der Waals surface area contributed by atoms with Gasteiger partial charge >= 0.3 is 0 Å². The van der Waals surface area contributed by atoms with Crippen LogP contribution < -0.4 is 10.6 Å². The maximum Gasteiger partial charge on any atom is 0.239 e. The molecule has 0 aliphatic heterocycles. The number of halogens is 3. The Balaban J connectivity index is 2.46. The highest BCUT2D eigenvalue weighted by Crippen LogP contribution is 2.16. The Bertz CT molecular complexity index is 401. The zero-order valence-corrected chi connectivity index (χ0v) is 10.0. The maximum atomic E-state index is 12.9. The van der Waals surface area contributed by atoms with Gasteiger partial charge in [-0.3, -0.25) is 4.79 Å². The molecule has 0 fully saturated rings. The molecule has 1 amide bonds. The normalized spacial score (nSPS) is 10.2. The van der Waals surface area contributed by atoms with Crippen LogP contribution in [0.4, 0.5) is 18.9 Å². The second kappa shape index (κ2) is 6.88. The Kier molecular flexibility index (Phi) is 5.48. The summed E-state index contributed by atoms with van der Waals surface area (Å²) in [6.45, 7) is 2.44. The lowest BCUT2D eigenvalue weighted by atomic mass is 10.3. The lowest BCUT2D eigenvalue weighted by Crippen LogP contribution is -2.30. The van der Waals surface area contributed by atoms with Crippen LogP contribution in [0.3, 0.4) is 0 Å². The fraction of sp³-hybridized carbons (Fsp3) is 0.417. The molecule has 1 aromatic rings. The van der Waals surface area contributed by atoms with Gasteiger partial charge in [0, 0.05) is 24.4 Å². The molecule has 0 aromatic heterocycles. The fourth-order valence-electron chi connectivity index (χ4n) is 1.31. The van der Waals surface area contributed by atoms with Gasteiger partial charge in [0.1, 0.15) is 0 Å². The van der Waals surface area contributed by atoms with E-state index < -0.39 is 17.5 Å². The van der Waals surface area contributed by atoms with E-state index in [1.165, 1.54) is 0 Å². The summed E-state index contributed by atoms with van der Waals surface area (Å²) in [7, 11) is 0. The molecular formula is C12H15F3N2O. The van der Waals surface area contributed by atoms with E-state index in [9.17, 15) is 18.0 Å². The highest BCUT2D eigenvalue weighted by atomic mass is 19.2. The molecule has 0 bridgehead atoms. The van der Waals surface area contributed by atoms with E-state index in [0.717, 1.165) is 25.0 Å². The molecule has 0 heterocycles. The molecule has 18 heavy (non-hydrogen) atoms. The van der Waals surface area contributed by atoms with Gasteiger partial charge in [0.05, 0.1) is 6.54 Å². The van der Waals surface area contributed by atoms with Gasteiger partial charge in [-0.05, 0) is 6.42 Å². The molecule has 3 nitrogen and oxygen atoms in total. The lowest BCUT2D eigenvalue weighted by molar-refractivity contribution is -0.119. The quantitative estimate of drug-likeness (QED) is 0.609. The van der Waals surface area contributed by atoms with Gasteiger partial charge in [-0.25, -0.2) is 13.2 Å². The fourth-order valence-corrected chi connectivity index (χ4v) is 1.31. The van der Waals surface area contributed by atoms with Gasteiger partial charge < -0.3 is 10.6 Å². The third kappa shape index (κ3) is 4.27. The van der Waals surface area contributed by atoms with Crippen molar-refractivity contribution >= 4 is 11.6 Å². The number of carbonyl (C=O) groups is 1. The molecule has 0 unspecified atom stereocenters. The summed E-state index contributed by atoms with van der Waals surface area (Å²) in [6, 6.07) is 1.61. The minimum absolute atomic E-state index is 0.0250. The molecule has 0 saturated carbocycles. The van der Waals surface area contributed by atoms with E-state index in [1.54, 1.807) is 0 Å². The third-order valence-electron chi connectivity index (χ3n) is 2.29. The van der Waals surface area contributed by atoms with Crippen molar-refractivity contribution in [2.45, 2.75) is 19.8 Å². The van der Waals surface area contributed by atoms with E-state index in [1.807, 2.05) is 6.92 Å². The van der Waals surface area contributed by atoms with E-state index >= 15 is 0 Å². The summed E-state index contributed by atoms with van der Waals surface area (Å²) in [6.07, 6.45) is 1.83. The molecule has 0 saturated heterocycles. The Morgan fingerprint density at radius 1 is 1.22 bits per heavy atom. The number of nitrogens with one attached hydrogen (secondary N) is 2. The first-order valence-corrected chi connectivity index (χ1v) is 5.69. The average molecular weight is 260 g/mol. The van der Waals surface area contributed by atoms with Crippen LogP contribution >= 0.6 is 0 Å². The smallest absolute Gasteiger partial charge is 0.239 e. The summed E-state index contributed by atoms with van der Waals surface area (Å²) in [5.74, 6) is -4.38. The number of amides is 1. The molecule has 0 spiro atoms. The van der Waals surface area contributed by atoms with Crippen LogP contribution in [-0.2, 0) is 4.79 Å².